The molecule has 0 radical (unpaired) electrons. The van der Waals surface area contributed by atoms with E-state index in [1.807, 2.05) is 0 Å². The number of rotatable bonds is 5. The number of hydrogen-bond donors (Lipinski definition) is 2. The summed E-state index contributed by atoms with van der Waals surface area (Å²) >= 11 is 0. The second-order valence-electron chi connectivity index (χ2n) is 4.59. The van der Waals surface area contributed by atoms with Crippen molar-refractivity contribution in [2.75, 3.05) is 18.4 Å². The van der Waals surface area contributed by atoms with Crippen molar-refractivity contribution in [3.8, 4) is 0 Å². The zero-order valence-corrected chi connectivity index (χ0v) is 9.78. The van der Waals surface area contributed by atoms with E-state index in [1.54, 1.807) is 0 Å². The van der Waals surface area contributed by atoms with Crippen molar-refractivity contribution < 1.29 is 4.42 Å². The molecule has 2 atom stereocenters. The quantitative estimate of drug-likeness (QED) is 0.791. The molecule has 90 valence electrons. The van der Waals surface area contributed by atoms with E-state index < -0.39 is 0 Å². The molecule has 5 nitrogen and oxygen atoms in total. The minimum atomic E-state index is 0.530. The fraction of sp³-hybridized carbons (Fsp3) is 0.818. The molecule has 0 saturated heterocycles. The predicted molar refractivity (Wildman–Crippen MR) is 62.1 cm³/mol. The van der Waals surface area contributed by atoms with Crippen LogP contribution in [0.4, 0.5) is 6.01 Å². The highest BCUT2D eigenvalue weighted by molar-refractivity contribution is 5.17. The van der Waals surface area contributed by atoms with Crippen LogP contribution in [0.5, 0.6) is 0 Å². The molecule has 3 N–H and O–H groups in total. The minimum Gasteiger partial charge on any atom is -0.408 e. The normalized spacial score (nSPS) is 24.9. The number of hydrogen-bond acceptors (Lipinski definition) is 5. The van der Waals surface area contributed by atoms with Crippen molar-refractivity contribution in [3.63, 3.8) is 0 Å². The fourth-order valence-corrected chi connectivity index (χ4v) is 2.29. The lowest BCUT2D eigenvalue weighted by Gasteiger charge is -2.14. The van der Waals surface area contributed by atoms with E-state index in [-0.39, 0.29) is 0 Å². The Morgan fingerprint density at radius 1 is 1.44 bits per heavy atom. The lowest BCUT2D eigenvalue weighted by molar-refractivity contribution is 0.430. The average Bonchev–Trinajstić information content (AvgIpc) is 2.86. The zero-order chi connectivity index (χ0) is 11.4. The van der Waals surface area contributed by atoms with Crippen LogP contribution < -0.4 is 11.1 Å². The summed E-state index contributed by atoms with van der Waals surface area (Å²) in [4.78, 5) is 0. The minimum absolute atomic E-state index is 0.530. The van der Waals surface area contributed by atoms with Crippen LogP contribution in [0.2, 0.25) is 0 Å². The molecule has 0 aromatic carbocycles. The number of nitrogens with two attached hydrogens (primary N) is 1. The molecule has 1 fully saturated rings. The molecule has 1 aliphatic rings. The van der Waals surface area contributed by atoms with Gasteiger partial charge in [-0.05, 0) is 18.3 Å². The topological polar surface area (TPSA) is 77.0 Å². The van der Waals surface area contributed by atoms with Gasteiger partial charge in [-0.1, -0.05) is 24.9 Å². The molecule has 1 aromatic rings. The van der Waals surface area contributed by atoms with Gasteiger partial charge in [0.15, 0.2) is 0 Å². The number of anilines is 1. The molecule has 0 aliphatic heterocycles. The molecular weight excluding hydrogens is 204 g/mol. The highest BCUT2D eigenvalue weighted by Crippen LogP contribution is 2.31. The predicted octanol–water partition coefficient (Wildman–Crippen LogP) is 1.42. The fourth-order valence-electron chi connectivity index (χ4n) is 2.29. The first-order valence-electron chi connectivity index (χ1n) is 6.06. The maximum atomic E-state index is 5.41. The average molecular weight is 224 g/mol. The van der Waals surface area contributed by atoms with Crippen molar-refractivity contribution in [1.29, 1.82) is 0 Å². The maximum Gasteiger partial charge on any atom is 0.315 e. The molecule has 0 amide bonds. The summed E-state index contributed by atoms with van der Waals surface area (Å²) in [6.07, 6.45) is 4.64. The van der Waals surface area contributed by atoms with Crippen LogP contribution in [-0.4, -0.2) is 23.3 Å². The Hall–Kier alpha value is -1.10. The number of nitrogens with one attached hydrogen (secondary N) is 1. The smallest absolute Gasteiger partial charge is 0.315 e. The van der Waals surface area contributed by atoms with E-state index in [4.69, 9.17) is 10.2 Å². The van der Waals surface area contributed by atoms with Crippen LogP contribution in [0.25, 0.3) is 0 Å². The van der Waals surface area contributed by atoms with Crippen molar-refractivity contribution >= 4 is 6.01 Å². The first-order valence-corrected chi connectivity index (χ1v) is 6.06. The second-order valence-corrected chi connectivity index (χ2v) is 4.59. The summed E-state index contributed by atoms with van der Waals surface area (Å²) in [6.45, 7) is 3.79. The summed E-state index contributed by atoms with van der Waals surface area (Å²) in [5.41, 5.74) is 5.41. The van der Waals surface area contributed by atoms with Crippen LogP contribution in [0.3, 0.4) is 0 Å². The Balaban J connectivity index is 1.80. The van der Waals surface area contributed by atoms with Crippen molar-refractivity contribution in [2.24, 2.45) is 17.6 Å². The molecule has 0 spiro atoms. The Bertz CT molecular complexity index is 326. The van der Waals surface area contributed by atoms with E-state index in [0.29, 0.717) is 24.9 Å². The molecule has 1 aliphatic carbocycles. The highest BCUT2D eigenvalue weighted by Gasteiger charge is 2.23. The molecule has 0 bridgehead atoms. The van der Waals surface area contributed by atoms with Crippen molar-refractivity contribution in [1.82, 2.24) is 10.2 Å². The SMILES string of the molecule is CC1CCCC1CNc1nnc(CCN)o1. The molecule has 2 unspecified atom stereocenters. The lowest BCUT2D eigenvalue weighted by atomic mass is 9.98. The van der Waals surface area contributed by atoms with Crippen LogP contribution in [0, 0.1) is 11.8 Å². The van der Waals surface area contributed by atoms with Gasteiger partial charge in [-0.2, -0.15) is 0 Å². The lowest BCUT2D eigenvalue weighted by Crippen LogP contribution is -2.16. The van der Waals surface area contributed by atoms with Gasteiger partial charge in [0, 0.05) is 19.5 Å². The van der Waals surface area contributed by atoms with Crippen LogP contribution >= 0.6 is 0 Å². The van der Waals surface area contributed by atoms with Gasteiger partial charge in [-0.3, -0.25) is 0 Å². The van der Waals surface area contributed by atoms with E-state index >= 15 is 0 Å². The highest BCUT2D eigenvalue weighted by atomic mass is 16.4. The summed E-state index contributed by atoms with van der Waals surface area (Å²) < 4.78 is 5.41. The third-order valence-corrected chi connectivity index (χ3v) is 3.38. The van der Waals surface area contributed by atoms with Gasteiger partial charge in [-0.15, -0.1) is 5.10 Å². The van der Waals surface area contributed by atoms with E-state index in [0.717, 1.165) is 18.4 Å². The summed E-state index contributed by atoms with van der Waals surface area (Å²) in [5, 5.41) is 11.1. The largest absolute Gasteiger partial charge is 0.408 e. The summed E-state index contributed by atoms with van der Waals surface area (Å²) in [5.74, 6) is 2.16. The Labute approximate surface area is 95.8 Å². The third kappa shape index (κ3) is 2.72. The number of nitrogens with zero attached hydrogens (tertiary/aromatic N) is 2. The van der Waals surface area contributed by atoms with Crippen LogP contribution in [0.1, 0.15) is 32.1 Å². The van der Waals surface area contributed by atoms with Gasteiger partial charge < -0.3 is 15.5 Å². The molecular formula is C11H20N4O. The summed E-state index contributed by atoms with van der Waals surface area (Å²) in [6, 6.07) is 0.530. The van der Waals surface area contributed by atoms with Gasteiger partial charge >= 0.3 is 6.01 Å². The van der Waals surface area contributed by atoms with Gasteiger partial charge in [-0.25, -0.2) is 0 Å². The Morgan fingerprint density at radius 3 is 3.00 bits per heavy atom. The van der Waals surface area contributed by atoms with Gasteiger partial charge in [0.25, 0.3) is 0 Å². The van der Waals surface area contributed by atoms with Gasteiger partial charge in [0.1, 0.15) is 0 Å². The first kappa shape index (κ1) is 11.4. The Morgan fingerprint density at radius 2 is 2.31 bits per heavy atom. The second kappa shape index (κ2) is 5.30. The first-order chi connectivity index (χ1) is 7.79. The molecule has 1 aromatic heterocycles. The molecule has 2 rings (SSSR count). The monoisotopic (exact) mass is 224 g/mol. The third-order valence-electron chi connectivity index (χ3n) is 3.38. The molecule has 1 heterocycles. The van der Waals surface area contributed by atoms with E-state index in [2.05, 4.69) is 22.4 Å². The van der Waals surface area contributed by atoms with Crippen LogP contribution in [0.15, 0.2) is 4.42 Å². The molecule has 16 heavy (non-hydrogen) atoms. The van der Waals surface area contributed by atoms with Crippen molar-refractivity contribution in [3.05, 3.63) is 5.89 Å². The summed E-state index contributed by atoms with van der Waals surface area (Å²) in [7, 11) is 0. The van der Waals surface area contributed by atoms with E-state index in [9.17, 15) is 0 Å². The molecule has 1 saturated carbocycles. The zero-order valence-electron chi connectivity index (χ0n) is 9.78. The standard InChI is InChI=1S/C11H20N4O/c1-8-3-2-4-9(8)7-13-11-15-14-10(16-11)5-6-12/h8-9H,2-7,12H2,1H3,(H,13,15). The van der Waals surface area contributed by atoms with Crippen molar-refractivity contribution in [2.45, 2.75) is 32.6 Å². The molecule has 5 heteroatoms. The number of aromatic nitrogens is 2. The van der Waals surface area contributed by atoms with E-state index in [1.165, 1.54) is 19.3 Å². The van der Waals surface area contributed by atoms with Gasteiger partial charge in [0.2, 0.25) is 5.89 Å². The van der Waals surface area contributed by atoms with Crippen LogP contribution in [-0.2, 0) is 6.42 Å². The van der Waals surface area contributed by atoms with Gasteiger partial charge in [0.05, 0.1) is 0 Å². The Kier molecular flexibility index (Phi) is 3.77. The maximum absolute atomic E-state index is 5.41.